The van der Waals surface area contributed by atoms with Crippen molar-refractivity contribution in [3.8, 4) is 0 Å². The Morgan fingerprint density at radius 2 is 1.91 bits per heavy atom. The van der Waals surface area contributed by atoms with Crippen molar-refractivity contribution in [1.82, 2.24) is 0 Å². The maximum Gasteiger partial charge on any atom is 0.0521 e. The zero-order chi connectivity index (χ0) is 8.74. The van der Waals surface area contributed by atoms with E-state index in [0.29, 0.717) is 0 Å². The van der Waals surface area contributed by atoms with Gasteiger partial charge in [0.25, 0.3) is 0 Å². The van der Waals surface area contributed by atoms with Crippen LogP contribution in [0.1, 0.15) is 6.92 Å². The first-order chi connectivity index (χ1) is 5.18. The molecule has 11 heavy (non-hydrogen) atoms. The number of rotatable bonds is 6. The van der Waals surface area contributed by atoms with E-state index >= 15 is 0 Å². The fourth-order valence-corrected chi connectivity index (χ4v) is 2.27. The van der Waals surface area contributed by atoms with Crippen LogP contribution in [0.2, 0.25) is 0 Å². The van der Waals surface area contributed by atoms with Crippen LogP contribution in [0.3, 0.4) is 0 Å². The SMILES string of the molecule is CC(C[S-])(C[S-])CSCCO. The van der Waals surface area contributed by atoms with Crippen LogP contribution in [0, 0.1) is 5.41 Å². The fourth-order valence-electron chi connectivity index (χ4n) is 0.508. The van der Waals surface area contributed by atoms with Gasteiger partial charge in [-0.15, -0.1) is 0 Å². The van der Waals surface area contributed by atoms with Gasteiger partial charge < -0.3 is 30.4 Å². The molecule has 0 aromatic rings. The Labute approximate surface area is 84.2 Å². The molecule has 0 aliphatic rings. The lowest BCUT2D eigenvalue weighted by Gasteiger charge is -2.36. The van der Waals surface area contributed by atoms with Gasteiger partial charge in [0.1, 0.15) is 0 Å². The second kappa shape index (κ2) is 6.52. The van der Waals surface area contributed by atoms with Gasteiger partial charge in [0.2, 0.25) is 0 Å². The van der Waals surface area contributed by atoms with Crippen LogP contribution in [0.4, 0.5) is 0 Å². The third kappa shape index (κ3) is 5.28. The average molecular weight is 210 g/mol. The van der Waals surface area contributed by atoms with Crippen molar-refractivity contribution in [1.29, 1.82) is 0 Å². The topological polar surface area (TPSA) is 20.2 Å². The Morgan fingerprint density at radius 3 is 2.27 bits per heavy atom. The molecule has 0 radical (unpaired) electrons. The second-order valence-corrected chi connectivity index (χ2v) is 4.56. The summed E-state index contributed by atoms with van der Waals surface area (Å²) in [5, 5.41) is 8.54. The molecule has 0 saturated carbocycles. The zero-order valence-corrected chi connectivity index (χ0v) is 9.16. The Bertz CT molecular complexity index is 93.7. The molecule has 0 spiro atoms. The number of hydrogen-bond acceptors (Lipinski definition) is 4. The van der Waals surface area contributed by atoms with Gasteiger partial charge in [-0.1, -0.05) is 12.3 Å². The molecule has 0 aromatic carbocycles. The quantitative estimate of drug-likeness (QED) is 0.517. The van der Waals surface area contributed by atoms with E-state index in [1.165, 1.54) is 0 Å². The molecule has 0 aliphatic carbocycles. The van der Waals surface area contributed by atoms with E-state index in [-0.39, 0.29) is 12.0 Å². The molecule has 0 heterocycles. The molecule has 1 N–H and O–H groups in total. The van der Waals surface area contributed by atoms with E-state index in [1.54, 1.807) is 11.8 Å². The largest absolute Gasteiger partial charge is 0.792 e. The van der Waals surface area contributed by atoms with Gasteiger partial charge in [0.05, 0.1) is 6.61 Å². The third-order valence-electron chi connectivity index (χ3n) is 1.38. The number of thioether (sulfide) groups is 1. The van der Waals surface area contributed by atoms with E-state index in [4.69, 9.17) is 30.4 Å². The van der Waals surface area contributed by atoms with Crippen molar-refractivity contribution in [2.24, 2.45) is 5.41 Å². The van der Waals surface area contributed by atoms with Gasteiger partial charge in [0, 0.05) is 5.75 Å². The molecule has 0 bridgehead atoms. The lowest BCUT2D eigenvalue weighted by atomic mass is 10.00. The minimum atomic E-state index is 0.116. The van der Waals surface area contributed by atoms with Gasteiger partial charge in [-0.3, -0.25) is 0 Å². The fraction of sp³-hybridized carbons (Fsp3) is 1.00. The van der Waals surface area contributed by atoms with Gasteiger partial charge in [0.15, 0.2) is 0 Å². The number of aliphatic hydroxyl groups is 1. The normalized spacial score (nSPS) is 12.0. The molecule has 0 unspecified atom stereocenters. The van der Waals surface area contributed by atoms with E-state index in [0.717, 1.165) is 23.0 Å². The molecule has 4 heteroatoms. The molecular weight excluding hydrogens is 196 g/mol. The Balaban J connectivity index is 3.51. The van der Waals surface area contributed by atoms with Crippen LogP contribution < -0.4 is 0 Å². The van der Waals surface area contributed by atoms with Crippen molar-refractivity contribution in [2.75, 3.05) is 29.6 Å². The molecule has 0 fully saturated rings. The molecule has 68 valence electrons. The van der Waals surface area contributed by atoms with Crippen molar-refractivity contribution < 1.29 is 5.11 Å². The lowest BCUT2D eigenvalue weighted by Crippen LogP contribution is -2.27. The Hall–Kier alpha value is 1.01. The summed E-state index contributed by atoms with van der Waals surface area (Å²) in [7, 11) is 0. The second-order valence-electron chi connectivity index (χ2n) is 2.88. The lowest BCUT2D eigenvalue weighted by molar-refractivity contribution is 0.322. The van der Waals surface area contributed by atoms with E-state index in [9.17, 15) is 0 Å². The first-order valence-corrected chi connectivity index (χ1v) is 5.84. The highest BCUT2D eigenvalue weighted by Crippen LogP contribution is 2.21. The third-order valence-corrected chi connectivity index (χ3v) is 4.15. The Morgan fingerprint density at radius 1 is 1.36 bits per heavy atom. The first kappa shape index (κ1) is 12.0. The molecule has 0 atom stereocenters. The number of hydrogen-bond donors (Lipinski definition) is 1. The van der Waals surface area contributed by atoms with Crippen LogP contribution >= 0.6 is 11.8 Å². The van der Waals surface area contributed by atoms with Gasteiger partial charge in [-0.2, -0.15) is 23.3 Å². The highest BCUT2D eigenvalue weighted by molar-refractivity contribution is 7.99. The van der Waals surface area contributed by atoms with Crippen LogP contribution in [0.15, 0.2) is 0 Å². The van der Waals surface area contributed by atoms with E-state index in [1.807, 2.05) is 0 Å². The highest BCUT2D eigenvalue weighted by atomic mass is 32.2. The van der Waals surface area contributed by atoms with Crippen molar-refractivity contribution >= 4 is 37.0 Å². The summed E-state index contributed by atoms with van der Waals surface area (Å²) >= 11 is 11.7. The summed E-state index contributed by atoms with van der Waals surface area (Å²) in [6, 6.07) is 0. The van der Waals surface area contributed by atoms with Gasteiger partial charge >= 0.3 is 0 Å². The molecule has 1 nitrogen and oxygen atoms in total. The van der Waals surface area contributed by atoms with Crippen LogP contribution in [-0.4, -0.2) is 34.7 Å². The average Bonchev–Trinajstić information content (AvgIpc) is 2.05. The zero-order valence-electron chi connectivity index (χ0n) is 6.71. The number of aliphatic hydroxyl groups excluding tert-OH is 1. The van der Waals surface area contributed by atoms with E-state index in [2.05, 4.69) is 6.92 Å². The summed E-state index contributed by atoms with van der Waals surface area (Å²) in [6.07, 6.45) is 0. The van der Waals surface area contributed by atoms with Crippen LogP contribution in [0.5, 0.6) is 0 Å². The molecule has 0 amide bonds. The first-order valence-electron chi connectivity index (χ1n) is 3.53. The molecule has 0 aromatic heterocycles. The van der Waals surface area contributed by atoms with Gasteiger partial charge in [-0.25, -0.2) is 0 Å². The molecular formula is C7H14OS3-2. The predicted molar refractivity (Wildman–Crippen MR) is 57.0 cm³/mol. The summed E-state index contributed by atoms with van der Waals surface area (Å²) in [5.41, 5.74) is 0.116. The summed E-state index contributed by atoms with van der Waals surface area (Å²) in [5.74, 6) is 3.20. The Kier molecular flexibility index (Phi) is 7.12. The maximum atomic E-state index is 8.54. The van der Waals surface area contributed by atoms with Crippen LogP contribution in [-0.2, 0) is 25.3 Å². The summed E-state index contributed by atoms with van der Waals surface area (Å²) in [6.45, 7) is 2.35. The smallest absolute Gasteiger partial charge is 0.0521 e. The standard InChI is InChI=1S/C7H16OS3/c1-7(4-9,5-10)6-11-3-2-8/h8-10H,2-6H2,1H3/p-2. The van der Waals surface area contributed by atoms with Crippen molar-refractivity contribution in [3.63, 3.8) is 0 Å². The monoisotopic (exact) mass is 210 g/mol. The van der Waals surface area contributed by atoms with E-state index < -0.39 is 0 Å². The molecule has 0 saturated heterocycles. The van der Waals surface area contributed by atoms with Crippen molar-refractivity contribution in [2.45, 2.75) is 6.92 Å². The molecule has 0 aliphatic heterocycles. The summed E-state index contributed by atoms with van der Waals surface area (Å²) in [4.78, 5) is 0. The van der Waals surface area contributed by atoms with Crippen LogP contribution in [0.25, 0.3) is 0 Å². The van der Waals surface area contributed by atoms with Crippen molar-refractivity contribution in [3.05, 3.63) is 0 Å². The minimum absolute atomic E-state index is 0.116. The predicted octanol–water partition coefficient (Wildman–Crippen LogP) is 0.812. The summed E-state index contributed by atoms with van der Waals surface area (Å²) < 4.78 is 0. The molecule has 0 rings (SSSR count). The highest BCUT2D eigenvalue weighted by Gasteiger charge is 2.11. The maximum absolute atomic E-state index is 8.54. The van der Waals surface area contributed by atoms with Gasteiger partial charge in [-0.05, 0) is 5.75 Å². The minimum Gasteiger partial charge on any atom is -0.792 e.